The number of para-hydroxylation sites is 2. The number of amides is 2. The monoisotopic (exact) mass is 412 g/mol. The number of hydrogen-bond donors (Lipinski definition) is 2. The lowest BCUT2D eigenvalue weighted by Crippen LogP contribution is -2.40. The van der Waals surface area contributed by atoms with E-state index in [0.717, 1.165) is 11.1 Å². The highest BCUT2D eigenvalue weighted by molar-refractivity contribution is 6.20. The molecule has 7 heteroatoms. The minimum atomic E-state index is -0.460. The van der Waals surface area contributed by atoms with Crippen molar-refractivity contribution in [3.8, 4) is 5.75 Å². The Labute approximate surface area is 179 Å². The van der Waals surface area contributed by atoms with Gasteiger partial charge in [-0.15, -0.1) is 0 Å². The van der Waals surface area contributed by atoms with Gasteiger partial charge in [-0.05, 0) is 18.2 Å². The molecule has 31 heavy (non-hydrogen) atoms. The summed E-state index contributed by atoms with van der Waals surface area (Å²) in [4.78, 5) is 31.2. The first-order valence-corrected chi connectivity index (χ1v) is 9.73. The van der Waals surface area contributed by atoms with E-state index in [1.54, 1.807) is 24.3 Å². The van der Waals surface area contributed by atoms with Gasteiger partial charge in [-0.2, -0.15) is 5.10 Å². The van der Waals surface area contributed by atoms with Crippen LogP contribution in [0.25, 0.3) is 0 Å². The van der Waals surface area contributed by atoms with Crippen LogP contribution in [-0.4, -0.2) is 41.9 Å². The standard InChI is InChI=1S/C24H20N4O3/c29-21-13-7-4-10-18(21)14-26-27-22(30)16-28-20-12-6-5-11-19(20)24(25-15-23(28)31)17-8-2-1-3-9-17/h1-14,29H,15-16H2,(H,27,30)/b26-14-. The Balaban J connectivity index is 1.55. The highest BCUT2D eigenvalue weighted by atomic mass is 16.3. The van der Waals surface area contributed by atoms with E-state index >= 15 is 0 Å². The molecule has 0 unspecified atom stereocenters. The molecular formula is C24H20N4O3. The SMILES string of the molecule is O=C(CN1C(=O)CN=C(c2ccccc2)c2ccccc21)N/N=C\c1ccccc1O. The van der Waals surface area contributed by atoms with E-state index in [2.05, 4.69) is 15.5 Å². The van der Waals surface area contributed by atoms with Crippen molar-refractivity contribution in [2.75, 3.05) is 18.0 Å². The lowest BCUT2D eigenvalue weighted by Gasteiger charge is -2.22. The molecule has 2 N–H and O–H groups in total. The summed E-state index contributed by atoms with van der Waals surface area (Å²) in [5.74, 6) is -0.682. The number of phenols is 1. The summed E-state index contributed by atoms with van der Waals surface area (Å²) >= 11 is 0. The first-order chi connectivity index (χ1) is 15.1. The molecule has 0 saturated carbocycles. The van der Waals surface area contributed by atoms with E-state index in [-0.39, 0.29) is 24.7 Å². The Morgan fingerprint density at radius 1 is 1.03 bits per heavy atom. The number of nitrogens with zero attached hydrogens (tertiary/aromatic N) is 3. The van der Waals surface area contributed by atoms with E-state index in [1.165, 1.54) is 17.2 Å². The number of phenolic OH excluding ortho intramolecular Hbond substituents is 1. The van der Waals surface area contributed by atoms with Gasteiger partial charge in [0.25, 0.3) is 5.91 Å². The van der Waals surface area contributed by atoms with Gasteiger partial charge in [0.1, 0.15) is 18.8 Å². The van der Waals surface area contributed by atoms with Crippen molar-refractivity contribution in [2.45, 2.75) is 0 Å². The van der Waals surface area contributed by atoms with E-state index in [4.69, 9.17) is 0 Å². The number of nitrogens with one attached hydrogen (secondary N) is 1. The lowest BCUT2D eigenvalue weighted by atomic mass is 10.0. The number of aromatic hydroxyl groups is 1. The topological polar surface area (TPSA) is 94.4 Å². The van der Waals surface area contributed by atoms with Crippen LogP contribution in [0.15, 0.2) is 89.0 Å². The number of carbonyl (C=O) groups excluding carboxylic acids is 2. The lowest BCUT2D eigenvalue weighted by molar-refractivity contribution is -0.123. The van der Waals surface area contributed by atoms with E-state index in [0.29, 0.717) is 17.0 Å². The molecular weight excluding hydrogens is 392 g/mol. The van der Waals surface area contributed by atoms with Crippen molar-refractivity contribution in [3.63, 3.8) is 0 Å². The zero-order chi connectivity index (χ0) is 21.6. The van der Waals surface area contributed by atoms with Crippen LogP contribution in [-0.2, 0) is 9.59 Å². The van der Waals surface area contributed by atoms with Gasteiger partial charge in [0.2, 0.25) is 5.91 Å². The van der Waals surface area contributed by atoms with E-state index in [1.807, 2.05) is 48.5 Å². The predicted octanol–water partition coefficient (Wildman–Crippen LogP) is 2.73. The Morgan fingerprint density at radius 3 is 2.55 bits per heavy atom. The highest BCUT2D eigenvalue weighted by Crippen LogP contribution is 2.26. The number of aliphatic imine (C=N–C) groups is 1. The normalized spacial score (nSPS) is 13.5. The summed E-state index contributed by atoms with van der Waals surface area (Å²) in [5, 5.41) is 13.6. The van der Waals surface area contributed by atoms with Gasteiger partial charge in [-0.25, -0.2) is 5.43 Å². The molecule has 0 spiro atoms. The summed E-state index contributed by atoms with van der Waals surface area (Å²) in [6.07, 6.45) is 1.35. The molecule has 4 rings (SSSR count). The molecule has 3 aromatic carbocycles. The fourth-order valence-electron chi connectivity index (χ4n) is 3.33. The number of hydrogen-bond acceptors (Lipinski definition) is 5. The van der Waals surface area contributed by atoms with Gasteiger partial charge < -0.3 is 10.0 Å². The molecule has 0 fully saturated rings. The number of rotatable bonds is 5. The number of anilines is 1. The van der Waals surface area contributed by atoms with Crippen LogP contribution < -0.4 is 10.3 Å². The molecule has 154 valence electrons. The van der Waals surface area contributed by atoms with Crippen LogP contribution in [0.1, 0.15) is 16.7 Å². The third kappa shape index (κ3) is 4.51. The Hall–Kier alpha value is -4.26. The number of hydrazone groups is 1. The fourth-order valence-corrected chi connectivity index (χ4v) is 3.33. The summed E-state index contributed by atoms with van der Waals surface area (Å²) in [6, 6.07) is 23.7. The molecule has 0 saturated heterocycles. The third-order valence-electron chi connectivity index (χ3n) is 4.80. The van der Waals surface area contributed by atoms with Crippen LogP contribution in [0.5, 0.6) is 5.75 Å². The minimum Gasteiger partial charge on any atom is -0.507 e. The van der Waals surface area contributed by atoms with Crippen LogP contribution in [0, 0.1) is 0 Å². The van der Waals surface area contributed by atoms with Crippen molar-refractivity contribution in [1.29, 1.82) is 0 Å². The van der Waals surface area contributed by atoms with Crippen LogP contribution in [0.3, 0.4) is 0 Å². The molecule has 0 radical (unpaired) electrons. The molecule has 1 aliphatic heterocycles. The van der Waals surface area contributed by atoms with E-state index in [9.17, 15) is 14.7 Å². The van der Waals surface area contributed by atoms with Crippen molar-refractivity contribution in [2.24, 2.45) is 10.1 Å². The van der Waals surface area contributed by atoms with Gasteiger partial charge in [0, 0.05) is 16.7 Å². The first kappa shape index (κ1) is 20.0. The van der Waals surface area contributed by atoms with Gasteiger partial charge in [0.15, 0.2) is 0 Å². The van der Waals surface area contributed by atoms with Crippen molar-refractivity contribution in [1.82, 2.24) is 5.43 Å². The maximum atomic E-state index is 12.8. The summed E-state index contributed by atoms with van der Waals surface area (Å²) < 4.78 is 0. The molecule has 0 aliphatic carbocycles. The van der Waals surface area contributed by atoms with Gasteiger partial charge in [0.05, 0.1) is 17.6 Å². The molecule has 7 nitrogen and oxygen atoms in total. The largest absolute Gasteiger partial charge is 0.507 e. The molecule has 0 atom stereocenters. The maximum absolute atomic E-state index is 12.8. The molecule has 0 bridgehead atoms. The van der Waals surface area contributed by atoms with Crippen molar-refractivity contribution in [3.05, 3.63) is 95.6 Å². The number of fused-ring (bicyclic) bond motifs is 1. The molecule has 1 heterocycles. The third-order valence-corrected chi connectivity index (χ3v) is 4.80. The summed E-state index contributed by atoms with van der Waals surface area (Å²) in [7, 11) is 0. The van der Waals surface area contributed by atoms with Crippen molar-refractivity contribution >= 4 is 29.4 Å². The second-order valence-corrected chi connectivity index (χ2v) is 6.88. The van der Waals surface area contributed by atoms with Crippen LogP contribution in [0.2, 0.25) is 0 Å². The Morgan fingerprint density at radius 2 is 1.74 bits per heavy atom. The predicted molar refractivity (Wildman–Crippen MR) is 120 cm³/mol. The fraction of sp³-hybridized carbons (Fsp3) is 0.0833. The van der Waals surface area contributed by atoms with Gasteiger partial charge in [-0.1, -0.05) is 60.7 Å². The Bertz CT molecular complexity index is 1170. The van der Waals surface area contributed by atoms with Crippen LogP contribution in [0.4, 0.5) is 5.69 Å². The quantitative estimate of drug-likeness (QED) is 0.498. The smallest absolute Gasteiger partial charge is 0.260 e. The second-order valence-electron chi connectivity index (χ2n) is 6.88. The average molecular weight is 412 g/mol. The zero-order valence-corrected chi connectivity index (χ0v) is 16.6. The molecule has 0 aromatic heterocycles. The molecule has 2 amide bonds. The van der Waals surface area contributed by atoms with Crippen LogP contribution >= 0.6 is 0 Å². The first-order valence-electron chi connectivity index (χ1n) is 9.73. The van der Waals surface area contributed by atoms with Gasteiger partial charge in [-0.3, -0.25) is 14.6 Å². The molecule has 3 aromatic rings. The maximum Gasteiger partial charge on any atom is 0.260 e. The Kier molecular flexibility index (Phi) is 5.84. The number of benzene rings is 3. The number of carbonyl (C=O) groups is 2. The number of benzodiazepines with no additional fused rings is 1. The highest BCUT2D eigenvalue weighted by Gasteiger charge is 2.26. The summed E-state index contributed by atoms with van der Waals surface area (Å²) in [5.41, 5.74) is 5.90. The molecule has 1 aliphatic rings. The average Bonchev–Trinajstić information content (AvgIpc) is 2.93. The second kappa shape index (κ2) is 9.04. The van der Waals surface area contributed by atoms with Gasteiger partial charge >= 0.3 is 0 Å². The zero-order valence-electron chi connectivity index (χ0n) is 16.6. The summed E-state index contributed by atoms with van der Waals surface area (Å²) in [6.45, 7) is -0.265. The van der Waals surface area contributed by atoms with Crippen molar-refractivity contribution < 1.29 is 14.7 Å². The minimum absolute atomic E-state index is 0.0581. The van der Waals surface area contributed by atoms with E-state index < -0.39 is 5.91 Å².